The van der Waals surface area contributed by atoms with E-state index in [1.807, 2.05) is 24.3 Å². The number of rotatable bonds is 3. The van der Waals surface area contributed by atoms with Gasteiger partial charge in [-0.05, 0) is 37.1 Å². The van der Waals surface area contributed by atoms with E-state index in [1.54, 1.807) is 6.26 Å². The number of benzene rings is 1. The molecule has 2 rings (SSSR count). The Kier molecular flexibility index (Phi) is 3.50. The van der Waals surface area contributed by atoms with Gasteiger partial charge in [0.05, 0.1) is 12.8 Å². The van der Waals surface area contributed by atoms with Crippen molar-refractivity contribution in [2.24, 2.45) is 0 Å². The minimum absolute atomic E-state index is 0.263. The van der Waals surface area contributed by atoms with Crippen molar-refractivity contribution in [3.63, 3.8) is 0 Å². The maximum Gasteiger partial charge on any atom is 0.115 e. The zero-order valence-corrected chi connectivity index (χ0v) is 9.15. The van der Waals surface area contributed by atoms with E-state index in [0.29, 0.717) is 0 Å². The summed E-state index contributed by atoms with van der Waals surface area (Å²) in [6.45, 7) is 0.818. The first-order chi connectivity index (χ1) is 7.88. The summed E-state index contributed by atoms with van der Waals surface area (Å²) in [7, 11) is 0. The first kappa shape index (κ1) is 10.6. The summed E-state index contributed by atoms with van der Waals surface area (Å²) in [5.74, 6) is 2.62. The second-order valence-electron chi connectivity index (χ2n) is 3.81. The van der Waals surface area contributed by atoms with Crippen LogP contribution in [-0.2, 0) is 4.74 Å². The molecular formula is C14H15NO. The first-order valence-electron chi connectivity index (χ1n) is 5.49. The fourth-order valence-electron chi connectivity index (χ4n) is 1.69. The van der Waals surface area contributed by atoms with E-state index in [4.69, 9.17) is 11.2 Å². The Morgan fingerprint density at radius 1 is 1.50 bits per heavy atom. The highest BCUT2D eigenvalue weighted by Crippen LogP contribution is 2.13. The van der Waals surface area contributed by atoms with Gasteiger partial charge in [0.15, 0.2) is 0 Å². The van der Waals surface area contributed by atoms with Gasteiger partial charge in [-0.1, -0.05) is 12.0 Å². The summed E-state index contributed by atoms with van der Waals surface area (Å²) < 4.78 is 5.47. The number of hydrogen-bond donors (Lipinski definition) is 1. The van der Waals surface area contributed by atoms with Gasteiger partial charge < -0.3 is 10.1 Å². The Morgan fingerprint density at radius 2 is 2.44 bits per heavy atom. The molecule has 1 aliphatic rings. The van der Waals surface area contributed by atoms with Crippen LogP contribution in [0.2, 0.25) is 0 Å². The minimum atomic E-state index is 0.263. The predicted molar refractivity (Wildman–Crippen MR) is 66.1 cm³/mol. The number of anilines is 1. The van der Waals surface area contributed by atoms with Crippen molar-refractivity contribution < 1.29 is 4.74 Å². The topological polar surface area (TPSA) is 21.3 Å². The lowest BCUT2D eigenvalue weighted by molar-refractivity contribution is 0.135. The van der Waals surface area contributed by atoms with Gasteiger partial charge in [-0.25, -0.2) is 0 Å². The maximum absolute atomic E-state index is 5.47. The van der Waals surface area contributed by atoms with Crippen LogP contribution in [-0.4, -0.2) is 12.6 Å². The van der Waals surface area contributed by atoms with Crippen LogP contribution in [0.15, 0.2) is 36.6 Å². The van der Waals surface area contributed by atoms with E-state index >= 15 is 0 Å². The predicted octanol–water partition coefficient (Wildman–Crippen LogP) is 2.77. The van der Waals surface area contributed by atoms with Gasteiger partial charge in [-0.2, -0.15) is 0 Å². The normalized spacial score (nSPS) is 18.6. The van der Waals surface area contributed by atoms with E-state index in [0.717, 1.165) is 30.6 Å². The molecule has 2 heteroatoms. The van der Waals surface area contributed by atoms with Crippen LogP contribution in [0.1, 0.15) is 18.4 Å². The monoisotopic (exact) mass is 213 g/mol. The number of allylic oxidation sites excluding steroid dienone is 1. The highest BCUT2D eigenvalue weighted by atomic mass is 16.5. The fraction of sp³-hybridized carbons (Fsp3) is 0.286. The zero-order valence-electron chi connectivity index (χ0n) is 9.15. The summed E-state index contributed by atoms with van der Waals surface area (Å²) in [6.07, 6.45) is 11.6. The third-order valence-electron chi connectivity index (χ3n) is 2.59. The van der Waals surface area contributed by atoms with Crippen LogP contribution in [0.4, 0.5) is 5.69 Å². The van der Waals surface area contributed by atoms with Gasteiger partial charge in [-0.3, -0.25) is 0 Å². The molecule has 1 aliphatic heterocycles. The van der Waals surface area contributed by atoms with E-state index in [2.05, 4.69) is 17.3 Å². The van der Waals surface area contributed by atoms with E-state index in [1.165, 1.54) is 0 Å². The Bertz CT molecular complexity index is 417. The third kappa shape index (κ3) is 2.80. The Morgan fingerprint density at radius 3 is 3.19 bits per heavy atom. The molecule has 0 fully saturated rings. The van der Waals surface area contributed by atoms with Gasteiger partial charge in [0.25, 0.3) is 0 Å². The molecule has 0 saturated carbocycles. The van der Waals surface area contributed by atoms with Gasteiger partial charge in [0, 0.05) is 11.3 Å². The Labute approximate surface area is 96.3 Å². The van der Waals surface area contributed by atoms with E-state index in [-0.39, 0.29) is 6.10 Å². The van der Waals surface area contributed by atoms with Crippen molar-refractivity contribution in [1.82, 2.24) is 0 Å². The maximum atomic E-state index is 5.47. The second kappa shape index (κ2) is 5.27. The van der Waals surface area contributed by atoms with Gasteiger partial charge in [-0.15, -0.1) is 6.42 Å². The van der Waals surface area contributed by atoms with E-state index < -0.39 is 0 Å². The molecule has 16 heavy (non-hydrogen) atoms. The third-order valence-corrected chi connectivity index (χ3v) is 2.59. The Hall–Kier alpha value is -1.88. The van der Waals surface area contributed by atoms with Crippen LogP contribution in [0.3, 0.4) is 0 Å². The first-order valence-corrected chi connectivity index (χ1v) is 5.49. The van der Waals surface area contributed by atoms with Crippen molar-refractivity contribution >= 4 is 5.69 Å². The lowest BCUT2D eigenvalue weighted by atomic mass is 10.1. The molecule has 1 unspecified atom stereocenters. The van der Waals surface area contributed by atoms with Crippen LogP contribution in [0.25, 0.3) is 0 Å². The highest BCUT2D eigenvalue weighted by molar-refractivity contribution is 5.49. The zero-order chi connectivity index (χ0) is 11.2. The van der Waals surface area contributed by atoms with Crippen LogP contribution in [0.5, 0.6) is 0 Å². The summed E-state index contributed by atoms with van der Waals surface area (Å²) >= 11 is 0. The minimum Gasteiger partial charge on any atom is -0.497 e. The van der Waals surface area contributed by atoms with Gasteiger partial charge >= 0.3 is 0 Å². The molecule has 1 N–H and O–H groups in total. The largest absolute Gasteiger partial charge is 0.497 e. The van der Waals surface area contributed by atoms with Crippen molar-refractivity contribution in [3.8, 4) is 12.3 Å². The molecule has 1 aromatic carbocycles. The lowest BCUT2D eigenvalue weighted by Crippen LogP contribution is -2.22. The quantitative estimate of drug-likeness (QED) is 0.779. The van der Waals surface area contributed by atoms with E-state index in [9.17, 15) is 0 Å². The molecular weight excluding hydrogens is 198 g/mol. The summed E-state index contributed by atoms with van der Waals surface area (Å²) in [5.41, 5.74) is 1.95. The Balaban J connectivity index is 1.89. The number of nitrogens with one attached hydrogen (secondary N) is 1. The molecule has 1 heterocycles. The molecule has 0 aromatic heterocycles. The van der Waals surface area contributed by atoms with Crippen molar-refractivity contribution in [1.29, 1.82) is 0 Å². The van der Waals surface area contributed by atoms with Gasteiger partial charge in [0.1, 0.15) is 6.10 Å². The standard InChI is InChI=1S/C14H15NO/c1-2-12-6-5-7-13(10-12)15-11-14-8-3-4-9-16-14/h1,4-7,9-10,14-15H,3,8,11H2. The molecule has 0 saturated heterocycles. The summed E-state index contributed by atoms with van der Waals surface area (Å²) in [5, 5.41) is 3.33. The molecule has 0 aliphatic carbocycles. The van der Waals surface area contributed by atoms with Crippen molar-refractivity contribution in [2.45, 2.75) is 18.9 Å². The fourth-order valence-corrected chi connectivity index (χ4v) is 1.69. The lowest BCUT2D eigenvalue weighted by Gasteiger charge is -2.20. The van der Waals surface area contributed by atoms with Crippen LogP contribution < -0.4 is 5.32 Å². The molecule has 0 amide bonds. The molecule has 2 nitrogen and oxygen atoms in total. The van der Waals surface area contributed by atoms with Crippen LogP contribution >= 0.6 is 0 Å². The molecule has 0 spiro atoms. The summed E-state index contributed by atoms with van der Waals surface area (Å²) in [4.78, 5) is 0. The van der Waals surface area contributed by atoms with Crippen molar-refractivity contribution in [2.75, 3.05) is 11.9 Å². The van der Waals surface area contributed by atoms with Crippen molar-refractivity contribution in [3.05, 3.63) is 42.2 Å². The molecule has 0 bridgehead atoms. The molecule has 82 valence electrons. The molecule has 0 radical (unpaired) electrons. The van der Waals surface area contributed by atoms with Crippen LogP contribution in [0, 0.1) is 12.3 Å². The average Bonchev–Trinajstić information content (AvgIpc) is 2.38. The second-order valence-corrected chi connectivity index (χ2v) is 3.81. The average molecular weight is 213 g/mol. The number of hydrogen-bond acceptors (Lipinski definition) is 2. The number of ether oxygens (including phenoxy) is 1. The summed E-state index contributed by atoms with van der Waals surface area (Å²) in [6, 6.07) is 7.86. The smallest absolute Gasteiger partial charge is 0.115 e. The SMILES string of the molecule is C#Cc1cccc(NCC2CCC=CO2)c1. The highest BCUT2D eigenvalue weighted by Gasteiger charge is 2.09. The number of terminal acetylenes is 1. The molecule has 1 atom stereocenters. The van der Waals surface area contributed by atoms with Gasteiger partial charge in [0.2, 0.25) is 0 Å². The molecule has 1 aromatic rings.